The van der Waals surface area contributed by atoms with Crippen molar-refractivity contribution >= 4 is 5.69 Å². The normalized spacial score (nSPS) is 10.7. The van der Waals surface area contributed by atoms with Gasteiger partial charge in [-0.15, -0.1) is 0 Å². The third-order valence-corrected chi connectivity index (χ3v) is 1.76. The Bertz CT molecular complexity index is 347. The summed E-state index contributed by atoms with van der Waals surface area (Å²) >= 11 is 0. The lowest BCUT2D eigenvalue weighted by atomic mass is 10.1. The maximum absolute atomic E-state index is 9.50. The number of hydrogen-bond acceptors (Lipinski definition) is 3. The molecule has 0 unspecified atom stereocenters. The van der Waals surface area contributed by atoms with Crippen molar-refractivity contribution in [2.45, 2.75) is 19.4 Å². The molecule has 1 rings (SSSR count). The minimum absolute atomic E-state index is 0.422. The first-order valence-electron chi connectivity index (χ1n) is 4.48. The number of benzene rings is 1. The maximum Gasteiger partial charge on any atom is 0.101 e. The summed E-state index contributed by atoms with van der Waals surface area (Å²) in [6.07, 6.45) is 0. The van der Waals surface area contributed by atoms with E-state index in [-0.39, 0.29) is 0 Å². The molecule has 0 aliphatic rings. The first-order chi connectivity index (χ1) is 6.53. The zero-order chi connectivity index (χ0) is 10.6. The summed E-state index contributed by atoms with van der Waals surface area (Å²) in [7, 11) is 0. The van der Waals surface area contributed by atoms with E-state index in [1.54, 1.807) is 19.9 Å². The lowest BCUT2D eigenvalue weighted by molar-refractivity contribution is 0.0945. The Labute approximate surface area is 84.0 Å². The molecule has 0 radical (unpaired) electrons. The molecule has 0 amide bonds. The largest absolute Gasteiger partial charge is 0.389 e. The van der Waals surface area contributed by atoms with Crippen LogP contribution in [0.2, 0.25) is 0 Å². The van der Waals surface area contributed by atoms with Gasteiger partial charge in [-0.05, 0) is 26.0 Å². The van der Waals surface area contributed by atoms with Crippen molar-refractivity contribution in [3.8, 4) is 6.07 Å². The van der Waals surface area contributed by atoms with Gasteiger partial charge in [0.05, 0.1) is 16.9 Å². The van der Waals surface area contributed by atoms with Crippen LogP contribution in [0.5, 0.6) is 0 Å². The molecule has 3 heteroatoms. The van der Waals surface area contributed by atoms with Crippen LogP contribution in [-0.2, 0) is 0 Å². The smallest absolute Gasteiger partial charge is 0.101 e. The van der Waals surface area contributed by atoms with Crippen LogP contribution in [0.1, 0.15) is 19.4 Å². The van der Waals surface area contributed by atoms with Gasteiger partial charge in [-0.2, -0.15) is 5.26 Å². The van der Waals surface area contributed by atoms with Crippen molar-refractivity contribution in [1.29, 1.82) is 5.26 Å². The molecule has 2 N–H and O–H groups in total. The van der Waals surface area contributed by atoms with Gasteiger partial charge in [0, 0.05) is 6.54 Å². The first kappa shape index (κ1) is 10.6. The van der Waals surface area contributed by atoms with Crippen molar-refractivity contribution in [3.63, 3.8) is 0 Å². The summed E-state index contributed by atoms with van der Waals surface area (Å²) in [6.45, 7) is 3.86. The molecule has 1 aromatic carbocycles. The third kappa shape index (κ3) is 3.08. The maximum atomic E-state index is 9.50. The van der Waals surface area contributed by atoms with Crippen LogP contribution in [-0.4, -0.2) is 17.3 Å². The van der Waals surface area contributed by atoms with Gasteiger partial charge in [0.2, 0.25) is 0 Å². The Balaban J connectivity index is 2.73. The average Bonchev–Trinajstić information content (AvgIpc) is 2.14. The molecule has 0 atom stereocenters. The van der Waals surface area contributed by atoms with E-state index >= 15 is 0 Å². The summed E-state index contributed by atoms with van der Waals surface area (Å²) in [4.78, 5) is 0. The quantitative estimate of drug-likeness (QED) is 0.763. The SMILES string of the molecule is CC(C)(O)CNc1ccccc1C#N. The van der Waals surface area contributed by atoms with Crippen molar-refractivity contribution < 1.29 is 5.11 Å². The van der Waals surface area contributed by atoms with Crippen molar-refractivity contribution in [1.82, 2.24) is 0 Å². The van der Waals surface area contributed by atoms with E-state index in [0.717, 1.165) is 5.69 Å². The molecular formula is C11H14N2O. The van der Waals surface area contributed by atoms with Gasteiger partial charge in [0.1, 0.15) is 6.07 Å². The highest BCUT2D eigenvalue weighted by molar-refractivity contribution is 5.57. The molecular weight excluding hydrogens is 176 g/mol. The second-order valence-corrected chi connectivity index (χ2v) is 3.82. The summed E-state index contributed by atoms with van der Waals surface area (Å²) in [5.41, 5.74) is 0.580. The van der Waals surface area contributed by atoms with Crippen LogP contribution >= 0.6 is 0 Å². The van der Waals surface area contributed by atoms with Gasteiger partial charge in [0.25, 0.3) is 0 Å². The predicted molar refractivity (Wildman–Crippen MR) is 55.9 cm³/mol. The minimum atomic E-state index is -0.775. The van der Waals surface area contributed by atoms with E-state index in [4.69, 9.17) is 5.26 Å². The van der Waals surface area contributed by atoms with Crippen molar-refractivity contribution in [3.05, 3.63) is 29.8 Å². The monoisotopic (exact) mass is 190 g/mol. The number of para-hydroxylation sites is 1. The van der Waals surface area contributed by atoms with Crippen LogP contribution < -0.4 is 5.32 Å². The lowest BCUT2D eigenvalue weighted by Crippen LogP contribution is -2.29. The standard InChI is InChI=1S/C11H14N2O/c1-11(2,14)8-13-10-6-4-3-5-9(10)7-12/h3-6,13-14H,8H2,1-2H3. The summed E-state index contributed by atoms with van der Waals surface area (Å²) in [6, 6.07) is 9.32. The molecule has 0 spiro atoms. The molecule has 14 heavy (non-hydrogen) atoms. The van der Waals surface area contributed by atoms with E-state index in [2.05, 4.69) is 11.4 Å². The average molecular weight is 190 g/mol. The second kappa shape index (κ2) is 4.12. The lowest BCUT2D eigenvalue weighted by Gasteiger charge is -2.18. The number of anilines is 1. The van der Waals surface area contributed by atoms with Crippen LogP contribution in [0.15, 0.2) is 24.3 Å². The molecule has 0 bridgehead atoms. The number of nitriles is 1. The first-order valence-corrected chi connectivity index (χ1v) is 4.48. The van der Waals surface area contributed by atoms with Crippen LogP contribution in [0, 0.1) is 11.3 Å². The van der Waals surface area contributed by atoms with Crippen LogP contribution in [0.3, 0.4) is 0 Å². The summed E-state index contributed by atoms with van der Waals surface area (Å²) < 4.78 is 0. The van der Waals surface area contributed by atoms with E-state index in [0.29, 0.717) is 12.1 Å². The highest BCUT2D eigenvalue weighted by atomic mass is 16.3. The van der Waals surface area contributed by atoms with Crippen LogP contribution in [0.25, 0.3) is 0 Å². The fourth-order valence-corrected chi connectivity index (χ4v) is 1.05. The zero-order valence-corrected chi connectivity index (χ0v) is 8.41. The Kier molecular flexibility index (Phi) is 3.10. The van der Waals surface area contributed by atoms with Crippen molar-refractivity contribution in [2.75, 3.05) is 11.9 Å². The van der Waals surface area contributed by atoms with Gasteiger partial charge >= 0.3 is 0 Å². The molecule has 0 heterocycles. The molecule has 0 aliphatic carbocycles. The van der Waals surface area contributed by atoms with Gasteiger partial charge < -0.3 is 10.4 Å². The van der Waals surface area contributed by atoms with Gasteiger partial charge in [-0.25, -0.2) is 0 Å². The highest BCUT2D eigenvalue weighted by Crippen LogP contribution is 2.14. The number of nitrogens with one attached hydrogen (secondary N) is 1. The van der Waals surface area contributed by atoms with Gasteiger partial charge in [0.15, 0.2) is 0 Å². The fraction of sp³-hybridized carbons (Fsp3) is 0.364. The Morgan fingerprint density at radius 1 is 1.43 bits per heavy atom. The number of rotatable bonds is 3. The zero-order valence-electron chi connectivity index (χ0n) is 8.41. The number of hydrogen-bond donors (Lipinski definition) is 2. The van der Waals surface area contributed by atoms with Crippen molar-refractivity contribution in [2.24, 2.45) is 0 Å². The highest BCUT2D eigenvalue weighted by Gasteiger charge is 2.12. The number of nitrogens with zero attached hydrogens (tertiary/aromatic N) is 1. The Morgan fingerprint density at radius 3 is 2.64 bits per heavy atom. The van der Waals surface area contributed by atoms with E-state index in [9.17, 15) is 5.11 Å². The Morgan fingerprint density at radius 2 is 2.07 bits per heavy atom. The van der Waals surface area contributed by atoms with Crippen LogP contribution in [0.4, 0.5) is 5.69 Å². The topological polar surface area (TPSA) is 56.0 Å². The summed E-state index contributed by atoms with van der Waals surface area (Å²) in [5, 5.41) is 21.3. The predicted octanol–water partition coefficient (Wildman–Crippen LogP) is 1.74. The summed E-state index contributed by atoms with van der Waals surface area (Å²) in [5.74, 6) is 0. The van der Waals surface area contributed by atoms with E-state index in [1.807, 2.05) is 18.2 Å². The van der Waals surface area contributed by atoms with E-state index < -0.39 is 5.60 Å². The number of aliphatic hydroxyl groups is 1. The van der Waals surface area contributed by atoms with Gasteiger partial charge in [-0.1, -0.05) is 12.1 Å². The second-order valence-electron chi connectivity index (χ2n) is 3.82. The fourth-order valence-electron chi connectivity index (χ4n) is 1.05. The van der Waals surface area contributed by atoms with E-state index in [1.165, 1.54) is 0 Å². The molecule has 0 saturated heterocycles. The third-order valence-electron chi connectivity index (χ3n) is 1.76. The van der Waals surface area contributed by atoms with Gasteiger partial charge in [-0.3, -0.25) is 0 Å². The minimum Gasteiger partial charge on any atom is -0.389 e. The molecule has 0 fully saturated rings. The molecule has 0 aliphatic heterocycles. The molecule has 0 aromatic heterocycles. The Hall–Kier alpha value is -1.53. The molecule has 0 saturated carbocycles. The molecule has 1 aromatic rings. The molecule has 74 valence electrons. The molecule has 3 nitrogen and oxygen atoms in total.